The highest BCUT2D eigenvalue weighted by Gasteiger charge is 2.26. The Hall–Kier alpha value is -4.00. The summed E-state index contributed by atoms with van der Waals surface area (Å²) in [7, 11) is 0. The van der Waals surface area contributed by atoms with Crippen LogP contribution in [0.15, 0.2) is 83.3 Å². The minimum Gasteiger partial charge on any atom is -0.478 e. The maximum Gasteiger partial charge on any atom is 0.328 e. The number of carbonyl (C=O) groups is 1. The quantitative estimate of drug-likeness (QED) is 0.513. The lowest BCUT2D eigenvalue weighted by molar-refractivity contribution is -0.131. The number of nitrogens with zero attached hydrogens (tertiary/aromatic N) is 4. The van der Waals surface area contributed by atoms with Crippen molar-refractivity contribution in [3.63, 3.8) is 0 Å². The van der Waals surface area contributed by atoms with Crippen molar-refractivity contribution in [2.24, 2.45) is 0 Å². The minimum absolute atomic E-state index is 0.246. The van der Waals surface area contributed by atoms with Gasteiger partial charge < -0.3 is 5.11 Å². The number of aromatic nitrogens is 4. The molecule has 1 N–H and O–H groups in total. The van der Waals surface area contributed by atoms with Crippen LogP contribution in [-0.4, -0.2) is 30.5 Å². The van der Waals surface area contributed by atoms with Crippen LogP contribution >= 0.6 is 0 Å². The standard InChI is InChI=1S/C24H20N4O3/c29-21-13-12-18(25-28(21)19-11-6-9-17(19)15-22(30)31)23-20-10-4-5-14-27(20)26-24(23)16-7-2-1-3-8-16/h1-5,7-8,10,12-15,19H,6,9,11H2,(H,30,31). The van der Waals surface area contributed by atoms with Gasteiger partial charge in [0.25, 0.3) is 5.56 Å². The summed E-state index contributed by atoms with van der Waals surface area (Å²) in [6.07, 6.45) is 5.26. The van der Waals surface area contributed by atoms with Crippen molar-refractivity contribution in [2.45, 2.75) is 25.3 Å². The maximum absolute atomic E-state index is 12.7. The molecule has 7 heteroatoms. The van der Waals surface area contributed by atoms with Crippen LogP contribution in [0.3, 0.4) is 0 Å². The molecule has 3 heterocycles. The largest absolute Gasteiger partial charge is 0.478 e. The van der Waals surface area contributed by atoms with Crippen LogP contribution in [0.4, 0.5) is 0 Å². The second kappa shape index (κ2) is 7.68. The molecule has 0 aliphatic heterocycles. The molecular weight excluding hydrogens is 392 g/mol. The van der Waals surface area contributed by atoms with Crippen molar-refractivity contribution in [2.75, 3.05) is 0 Å². The van der Waals surface area contributed by atoms with Gasteiger partial charge in [0.1, 0.15) is 5.69 Å². The zero-order valence-corrected chi connectivity index (χ0v) is 16.7. The van der Waals surface area contributed by atoms with Crippen molar-refractivity contribution in [1.29, 1.82) is 0 Å². The highest BCUT2D eigenvalue weighted by atomic mass is 16.4. The van der Waals surface area contributed by atoms with Gasteiger partial charge in [0, 0.05) is 23.9 Å². The van der Waals surface area contributed by atoms with Crippen LogP contribution in [0.5, 0.6) is 0 Å². The molecule has 7 nitrogen and oxygen atoms in total. The van der Waals surface area contributed by atoms with Crippen molar-refractivity contribution < 1.29 is 9.90 Å². The zero-order chi connectivity index (χ0) is 21.4. The Balaban J connectivity index is 1.71. The second-order valence-corrected chi connectivity index (χ2v) is 7.59. The number of aliphatic carboxylic acids is 1. The lowest BCUT2D eigenvalue weighted by atomic mass is 10.0. The summed E-state index contributed by atoms with van der Waals surface area (Å²) in [5.41, 5.74) is 4.55. The Bertz CT molecular complexity index is 1370. The third-order valence-electron chi connectivity index (χ3n) is 5.64. The second-order valence-electron chi connectivity index (χ2n) is 7.59. The van der Waals surface area contributed by atoms with E-state index >= 15 is 0 Å². The van der Waals surface area contributed by atoms with Crippen LogP contribution in [0.25, 0.3) is 28.0 Å². The molecule has 1 atom stereocenters. The van der Waals surface area contributed by atoms with Gasteiger partial charge in [-0.2, -0.15) is 10.2 Å². The van der Waals surface area contributed by atoms with E-state index in [2.05, 4.69) is 0 Å². The first-order valence-corrected chi connectivity index (χ1v) is 10.2. The molecule has 1 saturated carbocycles. The summed E-state index contributed by atoms with van der Waals surface area (Å²) in [5.74, 6) is -1.000. The van der Waals surface area contributed by atoms with Gasteiger partial charge in [-0.25, -0.2) is 14.0 Å². The average molecular weight is 412 g/mol. The third kappa shape index (κ3) is 3.44. The normalized spacial score (nSPS) is 17.4. The number of allylic oxidation sites excluding steroid dienone is 1. The number of fused-ring (bicyclic) bond motifs is 1. The fourth-order valence-corrected chi connectivity index (χ4v) is 4.29. The van der Waals surface area contributed by atoms with Crippen molar-refractivity contribution >= 4 is 11.5 Å². The van der Waals surface area contributed by atoms with E-state index in [1.54, 1.807) is 10.6 Å². The van der Waals surface area contributed by atoms with Gasteiger partial charge in [0.15, 0.2) is 0 Å². The molecule has 1 aliphatic rings. The molecule has 0 amide bonds. The summed E-state index contributed by atoms with van der Waals surface area (Å²) in [6.45, 7) is 0. The van der Waals surface area contributed by atoms with E-state index in [4.69, 9.17) is 10.2 Å². The van der Waals surface area contributed by atoms with Gasteiger partial charge in [-0.3, -0.25) is 4.79 Å². The zero-order valence-electron chi connectivity index (χ0n) is 16.7. The molecule has 1 aliphatic carbocycles. The van der Waals surface area contributed by atoms with Crippen LogP contribution in [-0.2, 0) is 4.79 Å². The molecule has 1 fully saturated rings. The number of hydrogen-bond donors (Lipinski definition) is 1. The van der Waals surface area contributed by atoms with Gasteiger partial charge in [0.2, 0.25) is 0 Å². The average Bonchev–Trinajstić information content (AvgIpc) is 3.39. The number of hydrogen-bond acceptors (Lipinski definition) is 4. The minimum atomic E-state index is -1.000. The summed E-state index contributed by atoms with van der Waals surface area (Å²) in [6, 6.07) is 18.5. The monoisotopic (exact) mass is 412 g/mol. The van der Waals surface area contributed by atoms with Crippen molar-refractivity contribution in [1.82, 2.24) is 19.4 Å². The topological polar surface area (TPSA) is 89.5 Å². The molecule has 0 saturated heterocycles. The number of benzene rings is 1. The van der Waals surface area contributed by atoms with Crippen LogP contribution in [0, 0.1) is 0 Å². The number of pyridine rings is 1. The van der Waals surface area contributed by atoms with Crippen LogP contribution in [0.2, 0.25) is 0 Å². The highest BCUT2D eigenvalue weighted by molar-refractivity contribution is 5.90. The molecule has 0 spiro atoms. The molecule has 3 aromatic heterocycles. The van der Waals surface area contributed by atoms with E-state index < -0.39 is 5.97 Å². The lowest BCUT2D eigenvalue weighted by Crippen LogP contribution is -2.26. The smallest absolute Gasteiger partial charge is 0.328 e. The van der Waals surface area contributed by atoms with E-state index in [1.807, 2.05) is 54.7 Å². The van der Waals surface area contributed by atoms with Gasteiger partial charge in [-0.1, -0.05) is 36.4 Å². The Morgan fingerprint density at radius 3 is 2.65 bits per heavy atom. The molecule has 1 unspecified atom stereocenters. The highest BCUT2D eigenvalue weighted by Crippen LogP contribution is 2.36. The Morgan fingerprint density at radius 1 is 1.03 bits per heavy atom. The van der Waals surface area contributed by atoms with Crippen LogP contribution < -0.4 is 5.56 Å². The van der Waals surface area contributed by atoms with E-state index in [9.17, 15) is 14.7 Å². The third-order valence-corrected chi connectivity index (χ3v) is 5.64. The van der Waals surface area contributed by atoms with Gasteiger partial charge >= 0.3 is 5.97 Å². The van der Waals surface area contributed by atoms with E-state index in [-0.39, 0.29) is 11.6 Å². The van der Waals surface area contributed by atoms with Gasteiger partial charge in [0.05, 0.1) is 22.8 Å². The van der Waals surface area contributed by atoms with Gasteiger partial charge in [-0.15, -0.1) is 0 Å². The van der Waals surface area contributed by atoms with Gasteiger partial charge in [-0.05, 0) is 43.0 Å². The molecule has 154 valence electrons. The van der Waals surface area contributed by atoms with Crippen molar-refractivity contribution in [3.8, 4) is 22.5 Å². The van der Waals surface area contributed by atoms with Crippen molar-refractivity contribution in [3.05, 3.63) is 88.9 Å². The Morgan fingerprint density at radius 2 is 1.84 bits per heavy atom. The Kier molecular flexibility index (Phi) is 4.71. The summed E-state index contributed by atoms with van der Waals surface area (Å²) in [4.78, 5) is 23.9. The molecule has 0 bridgehead atoms. The first kappa shape index (κ1) is 19.0. The molecule has 31 heavy (non-hydrogen) atoms. The van der Waals surface area contributed by atoms with E-state index in [1.165, 1.54) is 16.8 Å². The first-order chi connectivity index (χ1) is 15.1. The fourth-order valence-electron chi connectivity index (χ4n) is 4.29. The molecule has 4 aromatic rings. The summed E-state index contributed by atoms with van der Waals surface area (Å²) < 4.78 is 3.23. The Labute approximate surface area is 177 Å². The molecule has 5 rings (SSSR count). The maximum atomic E-state index is 12.7. The van der Waals surface area contributed by atoms with E-state index in [0.29, 0.717) is 18.5 Å². The fraction of sp³-hybridized carbons (Fsp3) is 0.167. The molecule has 1 aromatic carbocycles. The predicted molar refractivity (Wildman–Crippen MR) is 117 cm³/mol. The van der Waals surface area contributed by atoms with Crippen LogP contribution in [0.1, 0.15) is 25.3 Å². The number of rotatable bonds is 4. The molecular formula is C24H20N4O3. The van der Waals surface area contributed by atoms with E-state index in [0.717, 1.165) is 34.3 Å². The number of carboxylic acids is 1. The SMILES string of the molecule is O=C(O)C=C1CCCC1n1nc(-c2c(-c3ccccc3)nn3ccccc23)ccc1=O. The summed E-state index contributed by atoms with van der Waals surface area (Å²) in [5, 5.41) is 18.7. The first-order valence-electron chi connectivity index (χ1n) is 10.2. The predicted octanol–water partition coefficient (Wildman–Crippen LogP) is 3.96. The number of carboxylic acid groups (broad SMARTS) is 1. The molecule has 0 radical (unpaired) electrons. The summed E-state index contributed by atoms with van der Waals surface area (Å²) >= 11 is 0. The lowest BCUT2D eigenvalue weighted by Gasteiger charge is -2.15.